The topological polar surface area (TPSA) is 72.4 Å². The summed E-state index contributed by atoms with van der Waals surface area (Å²) in [5.41, 5.74) is -0.222. The first-order chi connectivity index (χ1) is 7.03. The van der Waals surface area contributed by atoms with Gasteiger partial charge in [0.25, 0.3) is 0 Å². The fourth-order valence-electron chi connectivity index (χ4n) is 1.29. The molecular weight excluding hydrogens is 204 g/mol. The molecule has 2 N–H and O–H groups in total. The molecule has 0 aliphatic heterocycles. The molecule has 2 rings (SSSR count). The molecule has 15 heavy (non-hydrogen) atoms. The Morgan fingerprint density at radius 1 is 1.27 bits per heavy atom. The van der Waals surface area contributed by atoms with Gasteiger partial charge in [-0.2, -0.15) is 14.0 Å². The first-order valence-electron chi connectivity index (χ1n) is 4.04. The van der Waals surface area contributed by atoms with Crippen LogP contribution in [0, 0.1) is 11.3 Å². The molecule has 0 amide bonds. The number of nitriles is 1. The monoisotopic (exact) mass is 209 g/mol. The molecule has 0 aliphatic rings. The predicted octanol–water partition coefficient (Wildman–Crippen LogP) is 1.47. The van der Waals surface area contributed by atoms with Crippen LogP contribution < -0.4 is 5.69 Å². The van der Waals surface area contributed by atoms with Crippen molar-refractivity contribution in [3.63, 3.8) is 0 Å². The third-order valence-corrected chi connectivity index (χ3v) is 2.02. The van der Waals surface area contributed by atoms with E-state index in [-0.39, 0.29) is 5.52 Å². The van der Waals surface area contributed by atoms with E-state index >= 15 is 0 Å². The summed E-state index contributed by atoms with van der Waals surface area (Å²) in [4.78, 5) is 15.6. The van der Waals surface area contributed by atoms with Gasteiger partial charge in [-0.05, 0) is 18.2 Å². The highest BCUT2D eigenvalue weighted by molar-refractivity contribution is 5.75. The van der Waals surface area contributed by atoms with E-state index < -0.39 is 17.2 Å². The second-order valence-corrected chi connectivity index (χ2v) is 3.03. The Hall–Kier alpha value is -2.16. The van der Waals surface area contributed by atoms with Gasteiger partial charge in [0, 0.05) is 5.56 Å². The molecule has 0 bridgehead atoms. The molecule has 0 spiro atoms. The third-order valence-electron chi connectivity index (χ3n) is 2.02. The van der Waals surface area contributed by atoms with E-state index in [9.17, 15) is 13.6 Å². The van der Waals surface area contributed by atoms with Crippen LogP contribution in [-0.4, -0.2) is 9.97 Å². The van der Waals surface area contributed by atoms with E-state index in [1.807, 2.05) is 0 Å². The lowest BCUT2D eigenvalue weighted by Gasteiger charge is -2.06. The van der Waals surface area contributed by atoms with E-state index in [1.165, 1.54) is 6.07 Å². The number of nitrogens with zero attached hydrogens (tertiary/aromatic N) is 1. The van der Waals surface area contributed by atoms with Crippen molar-refractivity contribution < 1.29 is 8.78 Å². The number of imidazole rings is 1. The number of H-pyrrole nitrogens is 2. The van der Waals surface area contributed by atoms with Gasteiger partial charge in [0.15, 0.2) is 0 Å². The van der Waals surface area contributed by atoms with Crippen LogP contribution >= 0.6 is 0 Å². The average molecular weight is 209 g/mol. The number of hydrogen-bond donors (Lipinski definition) is 2. The number of rotatable bonds is 1. The molecule has 6 heteroatoms. The Morgan fingerprint density at radius 2 is 1.93 bits per heavy atom. The molecule has 1 aromatic carbocycles. The summed E-state index contributed by atoms with van der Waals surface area (Å²) in [5.74, 6) is -3.54. The Bertz CT molecular complexity index is 606. The van der Waals surface area contributed by atoms with Gasteiger partial charge >= 0.3 is 11.6 Å². The summed E-state index contributed by atoms with van der Waals surface area (Å²) in [6, 6.07) is 4.41. The van der Waals surface area contributed by atoms with Gasteiger partial charge in [-0.15, -0.1) is 0 Å². The molecule has 76 valence electrons. The average Bonchev–Trinajstić information content (AvgIpc) is 2.56. The van der Waals surface area contributed by atoms with Gasteiger partial charge < -0.3 is 9.97 Å². The molecule has 0 fully saturated rings. The Labute approximate surface area is 82.2 Å². The molecule has 0 saturated heterocycles. The number of halogens is 2. The summed E-state index contributed by atoms with van der Waals surface area (Å²) in [5, 5.41) is 8.25. The highest BCUT2D eigenvalue weighted by Gasteiger charge is 2.31. The second-order valence-electron chi connectivity index (χ2n) is 3.03. The maximum absolute atomic E-state index is 13.0. The number of fused-ring (bicyclic) bond motifs is 1. The maximum Gasteiger partial charge on any atom is 0.357 e. The summed E-state index contributed by atoms with van der Waals surface area (Å²) in [7, 11) is 0. The highest BCUT2D eigenvalue weighted by atomic mass is 19.3. The largest absolute Gasteiger partial charge is 0.357 e. The fraction of sp³-hybridized carbons (Fsp3) is 0.111. The van der Waals surface area contributed by atoms with Gasteiger partial charge in [0.1, 0.15) is 6.07 Å². The maximum atomic E-state index is 13.0. The zero-order chi connectivity index (χ0) is 11.1. The van der Waals surface area contributed by atoms with Crippen molar-refractivity contribution >= 4 is 11.0 Å². The highest BCUT2D eigenvalue weighted by Crippen LogP contribution is 2.28. The fourth-order valence-corrected chi connectivity index (χ4v) is 1.29. The standard InChI is InChI=1S/C9H5F2N3O/c10-9(11,4-12)5-1-2-6-7(3-5)14-8(15)13-6/h1-3H,(H2,13,14,15). The lowest BCUT2D eigenvalue weighted by atomic mass is 10.1. The first-order valence-corrected chi connectivity index (χ1v) is 4.04. The zero-order valence-electron chi connectivity index (χ0n) is 7.34. The molecular formula is C9H5F2N3O. The van der Waals surface area contributed by atoms with Crippen molar-refractivity contribution in [2.24, 2.45) is 0 Å². The van der Waals surface area contributed by atoms with Crippen molar-refractivity contribution in [3.8, 4) is 6.07 Å². The quantitative estimate of drug-likeness (QED) is 0.746. The van der Waals surface area contributed by atoms with Crippen molar-refractivity contribution in [2.45, 2.75) is 5.92 Å². The number of alkyl halides is 2. The molecule has 1 aromatic heterocycles. The predicted molar refractivity (Wildman–Crippen MR) is 48.4 cm³/mol. The molecule has 0 aliphatic carbocycles. The van der Waals surface area contributed by atoms with Gasteiger partial charge in [0.05, 0.1) is 11.0 Å². The minimum atomic E-state index is -3.54. The van der Waals surface area contributed by atoms with E-state index in [2.05, 4.69) is 9.97 Å². The molecule has 1 heterocycles. The second kappa shape index (κ2) is 2.92. The molecule has 2 aromatic rings. The van der Waals surface area contributed by atoms with Crippen molar-refractivity contribution in [1.29, 1.82) is 5.26 Å². The first kappa shape index (κ1) is 9.40. The van der Waals surface area contributed by atoms with Crippen molar-refractivity contribution in [1.82, 2.24) is 9.97 Å². The zero-order valence-corrected chi connectivity index (χ0v) is 7.34. The summed E-state index contributed by atoms with van der Waals surface area (Å²) in [6.45, 7) is 0. The van der Waals surface area contributed by atoms with Crippen LogP contribution in [0.1, 0.15) is 5.56 Å². The van der Waals surface area contributed by atoms with Crippen LogP contribution in [0.15, 0.2) is 23.0 Å². The van der Waals surface area contributed by atoms with Gasteiger partial charge in [0.2, 0.25) is 0 Å². The van der Waals surface area contributed by atoms with E-state index in [0.29, 0.717) is 5.52 Å². The number of nitrogens with one attached hydrogen (secondary N) is 2. The third kappa shape index (κ3) is 1.48. The molecule has 0 saturated carbocycles. The number of aromatic amines is 2. The smallest absolute Gasteiger partial charge is 0.306 e. The Morgan fingerprint density at radius 3 is 2.60 bits per heavy atom. The molecule has 4 nitrogen and oxygen atoms in total. The van der Waals surface area contributed by atoms with Crippen LogP contribution in [-0.2, 0) is 5.92 Å². The number of aromatic nitrogens is 2. The SMILES string of the molecule is N#CC(F)(F)c1ccc2[nH]c(=O)[nH]c2c1. The van der Waals surface area contributed by atoms with Crippen LogP contribution in [0.4, 0.5) is 8.78 Å². The van der Waals surface area contributed by atoms with Gasteiger partial charge in [-0.3, -0.25) is 0 Å². The lowest BCUT2D eigenvalue weighted by Crippen LogP contribution is -2.09. The van der Waals surface area contributed by atoms with Crippen LogP contribution in [0.2, 0.25) is 0 Å². The molecule has 0 radical (unpaired) electrons. The number of hydrogen-bond acceptors (Lipinski definition) is 2. The van der Waals surface area contributed by atoms with E-state index in [0.717, 1.165) is 18.2 Å². The van der Waals surface area contributed by atoms with Crippen LogP contribution in [0.3, 0.4) is 0 Å². The van der Waals surface area contributed by atoms with Gasteiger partial charge in [-0.25, -0.2) is 4.79 Å². The Balaban J connectivity index is 2.67. The summed E-state index contributed by atoms with van der Waals surface area (Å²) >= 11 is 0. The normalized spacial score (nSPS) is 11.5. The minimum Gasteiger partial charge on any atom is -0.306 e. The van der Waals surface area contributed by atoms with Crippen LogP contribution in [0.25, 0.3) is 11.0 Å². The summed E-state index contributed by atoms with van der Waals surface area (Å²) < 4.78 is 25.9. The van der Waals surface area contributed by atoms with Gasteiger partial charge in [-0.1, -0.05) is 0 Å². The number of benzene rings is 1. The van der Waals surface area contributed by atoms with E-state index in [1.54, 1.807) is 0 Å². The van der Waals surface area contributed by atoms with Crippen molar-refractivity contribution in [2.75, 3.05) is 0 Å². The Kier molecular flexibility index (Phi) is 1.83. The van der Waals surface area contributed by atoms with Crippen molar-refractivity contribution in [3.05, 3.63) is 34.2 Å². The van der Waals surface area contributed by atoms with Crippen LogP contribution in [0.5, 0.6) is 0 Å². The molecule has 0 unspecified atom stereocenters. The van der Waals surface area contributed by atoms with E-state index in [4.69, 9.17) is 5.26 Å². The molecule has 0 atom stereocenters. The summed E-state index contributed by atoms with van der Waals surface area (Å²) in [6.07, 6.45) is 0. The minimum absolute atomic E-state index is 0.257. The lowest BCUT2D eigenvalue weighted by molar-refractivity contribution is 0.0614.